The molecule has 1 aromatic carbocycles. The molecule has 4 heteroatoms. The molecule has 2 aliphatic rings. The Hall–Kier alpha value is -1.42. The van der Waals surface area contributed by atoms with Crippen molar-refractivity contribution < 1.29 is 13.9 Å². The van der Waals surface area contributed by atoms with Gasteiger partial charge in [-0.05, 0) is 44.5 Å². The van der Waals surface area contributed by atoms with Crippen LogP contribution in [0.15, 0.2) is 18.2 Å². The van der Waals surface area contributed by atoms with Crippen LogP contribution in [0.1, 0.15) is 29.6 Å². The zero-order valence-corrected chi connectivity index (χ0v) is 10.9. The number of Topliss-reactive ketones (excluding diaryl/α,β-unsaturated/α-hetero) is 1. The molecule has 2 aliphatic heterocycles. The number of hydrogen-bond donors (Lipinski definition) is 0. The van der Waals surface area contributed by atoms with Crippen LogP contribution in [0.4, 0.5) is 4.39 Å². The van der Waals surface area contributed by atoms with Crippen LogP contribution in [0.25, 0.3) is 0 Å². The number of hydrogen-bond acceptors (Lipinski definition) is 3. The van der Waals surface area contributed by atoms with Gasteiger partial charge in [-0.1, -0.05) is 6.07 Å². The zero-order chi connectivity index (χ0) is 13.2. The molecule has 0 amide bonds. The van der Waals surface area contributed by atoms with Crippen LogP contribution < -0.4 is 4.74 Å². The number of carbonyl (C=O) groups excluding carboxylic acids is 1. The lowest BCUT2D eigenvalue weighted by atomic mass is 9.94. The van der Waals surface area contributed by atoms with Crippen molar-refractivity contribution in [2.75, 3.05) is 26.2 Å². The molecule has 3 rings (SSSR count). The summed E-state index contributed by atoms with van der Waals surface area (Å²) in [6, 6.07) is 4.59. The van der Waals surface area contributed by atoms with Gasteiger partial charge in [0.1, 0.15) is 0 Å². The van der Waals surface area contributed by atoms with Gasteiger partial charge < -0.3 is 9.64 Å². The highest BCUT2D eigenvalue weighted by Gasteiger charge is 2.30. The molecule has 19 heavy (non-hydrogen) atoms. The fourth-order valence-electron chi connectivity index (χ4n) is 2.95. The fraction of sp³-hybridized carbons (Fsp3) is 0.533. The van der Waals surface area contributed by atoms with Gasteiger partial charge in [-0.2, -0.15) is 0 Å². The number of halogens is 1. The predicted octanol–water partition coefficient (Wildman–Crippen LogP) is 2.50. The second kappa shape index (κ2) is 5.29. The van der Waals surface area contributed by atoms with Gasteiger partial charge >= 0.3 is 0 Å². The molecular formula is C15H18FNO2. The lowest BCUT2D eigenvalue weighted by Gasteiger charge is -2.20. The number of benzene rings is 1. The SMILES string of the molecule is O=C1c2cccc(F)c2OCCC1CN1CCCC1. The van der Waals surface area contributed by atoms with E-state index in [2.05, 4.69) is 4.90 Å². The highest BCUT2D eigenvalue weighted by molar-refractivity contribution is 6.00. The van der Waals surface area contributed by atoms with E-state index in [9.17, 15) is 9.18 Å². The number of ether oxygens (including phenoxy) is 1. The molecule has 0 N–H and O–H groups in total. The van der Waals surface area contributed by atoms with Crippen molar-refractivity contribution in [1.82, 2.24) is 4.90 Å². The van der Waals surface area contributed by atoms with Gasteiger partial charge in [0, 0.05) is 12.5 Å². The van der Waals surface area contributed by atoms with E-state index in [-0.39, 0.29) is 17.5 Å². The first kappa shape index (κ1) is 12.6. The minimum Gasteiger partial charge on any atom is -0.490 e. The molecule has 1 fully saturated rings. The van der Waals surface area contributed by atoms with Crippen LogP contribution in [0.2, 0.25) is 0 Å². The topological polar surface area (TPSA) is 29.5 Å². The summed E-state index contributed by atoms with van der Waals surface area (Å²) in [5.74, 6) is -0.343. The third-order valence-corrected chi connectivity index (χ3v) is 3.99. The monoisotopic (exact) mass is 263 g/mol. The van der Waals surface area contributed by atoms with Gasteiger partial charge in [0.2, 0.25) is 0 Å². The number of para-hydroxylation sites is 1. The van der Waals surface area contributed by atoms with E-state index in [0.29, 0.717) is 18.6 Å². The van der Waals surface area contributed by atoms with Gasteiger partial charge in [0.15, 0.2) is 17.3 Å². The average molecular weight is 263 g/mol. The average Bonchev–Trinajstić information content (AvgIpc) is 2.85. The highest BCUT2D eigenvalue weighted by atomic mass is 19.1. The Morgan fingerprint density at radius 1 is 1.32 bits per heavy atom. The third kappa shape index (κ3) is 2.50. The molecule has 1 unspecified atom stereocenters. The Bertz CT molecular complexity index is 483. The van der Waals surface area contributed by atoms with Crippen LogP contribution in [0.5, 0.6) is 5.75 Å². The van der Waals surface area contributed by atoms with E-state index in [1.807, 2.05) is 0 Å². The summed E-state index contributed by atoms with van der Waals surface area (Å²) in [6.45, 7) is 3.33. The maximum Gasteiger partial charge on any atom is 0.171 e. The number of likely N-dealkylation sites (tertiary alicyclic amines) is 1. The maximum atomic E-state index is 13.7. The molecule has 0 aliphatic carbocycles. The summed E-state index contributed by atoms with van der Waals surface area (Å²) in [4.78, 5) is 14.8. The number of nitrogens with zero attached hydrogens (tertiary/aromatic N) is 1. The van der Waals surface area contributed by atoms with Crippen molar-refractivity contribution in [1.29, 1.82) is 0 Å². The number of rotatable bonds is 2. The minimum atomic E-state index is -0.437. The van der Waals surface area contributed by atoms with Gasteiger partial charge in [-0.25, -0.2) is 4.39 Å². The van der Waals surface area contributed by atoms with E-state index >= 15 is 0 Å². The Balaban J connectivity index is 1.82. The van der Waals surface area contributed by atoms with Crippen molar-refractivity contribution in [3.63, 3.8) is 0 Å². The Labute approximate surface area is 112 Å². The maximum absolute atomic E-state index is 13.7. The molecule has 2 heterocycles. The van der Waals surface area contributed by atoms with Gasteiger partial charge in [-0.3, -0.25) is 4.79 Å². The van der Waals surface area contributed by atoms with Crippen molar-refractivity contribution in [3.8, 4) is 5.75 Å². The first-order valence-corrected chi connectivity index (χ1v) is 6.93. The normalized spacial score (nSPS) is 23.8. The Morgan fingerprint density at radius 3 is 2.89 bits per heavy atom. The molecule has 1 aromatic rings. The molecule has 102 valence electrons. The van der Waals surface area contributed by atoms with Gasteiger partial charge in [0.05, 0.1) is 12.2 Å². The highest BCUT2D eigenvalue weighted by Crippen LogP contribution is 2.30. The quantitative estimate of drug-likeness (QED) is 0.821. The molecule has 0 radical (unpaired) electrons. The van der Waals surface area contributed by atoms with Crippen molar-refractivity contribution in [2.45, 2.75) is 19.3 Å². The van der Waals surface area contributed by atoms with Crippen LogP contribution in [-0.4, -0.2) is 36.9 Å². The standard InChI is InChI=1S/C15H18FNO2/c16-13-5-3-4-12-14(18)11(6-9-19-15(12)13)10-17-7-1-2-8-17/h3-5,11H,1-2,6-10H2. The van der Waals surface area contributed by atoms with Gasteiger partial charge in [0.25, 0.3) is 0 Å². The molecule has 1 saturated heterocycles. The summed E-state index contributed by atoms with van der Waals surface area (Å²) in [5, 5.41) is 0. The fourth-order valence-corrected chi connectivity index (χ4v) is 2.95. The first-order chi connectivity index (χ1) is 9.25. The third-order valence-electron chi connectivity index (χ3n) is 3.99. The molecule has 0 saturated carbocycles. The number of ketones is 1. The molecule has 0 bridgehead atoms. The van der Waals surface area contributed by atoms with Crippen molar-refractivity contribution >= 4 is 5.78 Å². The van der Waals surface area contributed by atoms with E-state index in [1.165, 1.54) is 18.9 Å². The summed E-state index contributed by atoms with van der Waals surface area (Å²) < 4.78 is 19.1. The second-order valence-corrected chi connectivity index (χ2v) is 5.32. The smallest absolute Gasteiger partial charge is 0.171 e. The lowest BCUT2D eigenvalue weighted by Crippen LogP contribution is -2.31. The van der Waals surface area contributed by atoms with E-state index in [4.69, 9.17) is 4.74 Å². The van der Waals surface area contributed by atoms with Crippen LogP contribution in [0.3, 0.4) is 0 Å². The zero-order valence-electron chi connectivity index (χ0n) is 10.9. The lowest BCUT2D eigenvalue weighted by molar-refractivity contribution is 0.0883. The first-order valence-electron chi connectivity index (χ1n) is 6.93. The molecule has 3 nitrogen and oxygen atoms in total. The summed E-state index contributed by atoms with van der Waals surface area (Å²) >= 11 is 0. The minimum absolute atomic E-state index is 0.0268. The predicted molar refractivity (Wildman–Crippen MR) is 70.0 cm³/mol. The largest absolute Gasteiger partial charge is 0.490 e. The number of carbonyl (C=O) groups is 1. The molecular weight excluding hydrogens is 245 g/mol. The van der Waals surface area contributed by atoms with Gasteiger partial charge in [-0.15, -0.1) is 0 Å². The number of fused-ring (bicyclic) bond motifs is 1. The van der Waals surface area contributed by atoms with E-state index in [0.717, 1.165) is 19.6 Å². The van der Waals surface area contributed by atoms with Crippen LogP contribution >= 0.6 is 0 Å². The second-order valence-electron chi connectivity index (χ2n) is 5.32. The van der Waals surface area contributed by atoms with Crippen molar-refractivity contribution in [2.24, 2.45) is 5.92 Å². The van der Waals surface area contributed by atoms with E-state index < -0.39 is 5.82 Å². The van der Waals surface area contributed by atoms with Crippen molar-refractivity contribution in [3.05, 3.63) is 29.6 Å². The molecule has 0 spiro atoms. The Morgan fingerprint density at radius 2 is 2.11 bits per heavy atom. The summed E-state index contributed by atoms with van der Waals surface area (Å²) in [6.07, 6.45) is 3.09. The molecule has 0 aromatic heterocycles. The van der Waals surface area contributed by atoms with Crippen LogP contribution in [-0.2, 0) is 0 Å². The summed E-state index contributed by atoms with van der Waals surface area (Å²) in [5.41, 5.74) is 0.404. The Kier molecular flexibility index (Phi) is 3.51. The van der Waals surface area contributed by atoms with Crippen LogP contribution in [0, 0.1) is 11.7 Å². The van der Waals surface area contributed by atoms with E-state index in [1.54, 1.807) is 12.1 Å². The summed E-state index contributed by atoms with van der Waals surface area (Å²) in [7, 11) is 0. The molecule has 1 atom stereocenters.